The van der Waals surface area contributed by atoms with E-state index in [-0.39, 0.29) is 0 Å². The van der Waals surface area contributed by atoms with E-state index in [2.05, 4.69) is 52.0 Å². The van der Waals surface area contributed by atoms with Gasteiger partial charge in [0, 0.05) is 0 Å². The lowest BCUT2D eigenvalue weighted by molar-refractivity contribution is 0.106. The molecule has 0 spiro atoms. The predicted octanol–water partition coefficient (Wildman–Crippen LogP) is 8.11. The zero-order chi connectivity index (χ0) is 20.1. The van der Waals surface area contributed by atoms with Crippen LogP contribution in [0, 0.1) is 53.3 Å². The topological polar surface area (TPSA) is 0 Å². The van der Waals surface area contributed by atoms with Gasteiger partial charge < -0.3 is 0 Å². The van der Waals surface area contributed by atoms with E-state index in [1.807, 2.05) is 0 Å². The fourth-order valence-electron chi connectivity index (χ4n) is 9.06. The lowest BCUT2D eigenvalue weighted by Gasteiger charge is -2.40. The summed E-state index contributed by atoms with van der Waals surface area (Å²) in [5, 5.41) is 0. The van der Waals surface area contributed by atoms with E-state index in [1.165, 1.54) is 57.8 Å². The van der Waals surface area contributed by atoms with Crippen LogP contribution in [0.4, 0.5) is 0 Å². The standard InChI is InChI=1S/C29H44/c1-18-9-11-20(3)28-23(13-14-24(18)28)17-22-7-5-6-8-26(22)27-16-15-25-19(2)10-12-21(4)29(25)27/h5-8,18-21,23-25,27-29H,9-17H2,1-4H3. The van der Waals surface area contributed by atoms with E-state index >= 15 is 0 Å². The molecule has 0 saturated heterocycles. The van der Waals surface area contributed by atoms with Crippen LogP contribution in [0.3, 0.4) is 0 Å². The average molecular weight is 393 g/mol. The van der Waals surface area contributed by atoms with Crippen molar-refractivity contribution < 1.29 is 0 Å². The van der Waals surface area contributed by atoms with Crippen molar-refractivity contribution in [3.05, 3.63) is 35.4 Å². The quantitative estimate of drug-likeness (QED) is 0.487. The first-order valence-electron chi connectivity index (χ1n) is 13.1. The fourth-order valence-corrected chi connectivity index (χ4v) is 9.06. The molecular weight excluding hydrogens is 348 g/mol. The minimum Gasteiger partial charge on any atom is -0.0622 e. The Morgan fingerprint density at radius 1 is 0.621 bits per heavy atom. The highest BCUT2D eigenvalue weighted by molar-refractivity contribution is 5.33. The maximum absolute atomic E-state index is 2.57. The second-order valence-electron chi connectivity index (χ2n) is 12.0. The van der Waals surface area contributed by atoms with Gasteiger partial charge in [0.05, 0.1) is 0 Å². The molecule has 29 heavy (non-hydrogen) atoms. The summed E-state index contributed by atoms with van der Waals surface area (Å²) in [4.78, 5) is 0. The Morgan fingerprint density at radius 3 is 1.97 bits per heavy atom. The van der Waals surface area contributed by atoms with E-state index < -0.39 is 0 Å². The predicted molar refractivity (Wildman–Crippen MR) is 124 cm³/mol. The van der Waals surface area contributed by atoms with Crippen LogP contribution >= 0.6 is 0 Å². The highest BCUT2D eigenvalue weighted by atomic mass is 14.5. The summed E-state index contributed by atoms with van der Waals surface area (Å²) in [5.74, 6) is 9.54. The summed E-state index contributed by atoms with van der Waals surface area (Å²) in [5.41, 5.74) is 3.50. The average Bonchev–Trinajstić information content (AvgIpc) is 3.35. The minimum atomic E-state index is 0.842. The minimum absolute atomic E-state index is 0.842. The summed E-state index contributed by atoms with van der Waals surface area (Å²) >= 11 is 0. The normalized spacial score (nSPS) is 47.0. The number of hydrogen-bond donors (Lipinski definition) is 0. The van der Waals surface area contributed by atoms with Crippen molar-refractivity contribution in [1.29, 1.82) is 0 Å². The zero-order valence-corrected chi connectivity index (χ0v) is 19.4. The van der Waals surface area contributed by atoms with Crippen LogP contribution in [0.15, 0.2) is 24.3 Å². The summed E-state index contributed by atoms with van der Waals surface area (Å²) in [6, 6.07) is 9.72. The molecule has 0 heterocycles. The Labute approximate surface area is 180 Å². The van der Waals surface area contributed by atoms with Gasteiger partial charge in [0.1, 0.15) is 0 Å². The van der Waals surface area contributed by atoms with Crippen molar-refractivity contribution in [2.24, 2.45) is 53.3 Å². The number of rotatable bonds is 3. The highest BCUT2D eigenvalue weighted by Gasteiger charge is 2.47. The van der Waals surface area contributed by atoms with E-state index in [4.69, 9.17) is 0 Å². The number of fused-ring (bicyclic) bond motifs is 2. The van der Waals surface area contributed by atoms with Crippen LogP contribution in [-0.2, 0) is 6.42 Å². The van der Waals surface area contributed by atoms with Crippen LogP contribution in [-0.4, -0.2) is 0 Å². The monoisotopic (exact) mass is 392 g/mol. The van der Waals surface area contributed by atoms with E-state index in [0.29, 0.717) is 0 Å². The molecule has 1 aromatic carbocycles. The first kappa shape index (κ1) is 20.1. The first-order chi connectivity index (χ1) is 14.0. The molecule has 10 unspecified atom stereocenters. The summed E-state index contributed by atoms with van der Waals surface area (Å²) in [7, 11) is 0. The molecule has 1 aromatic rings. The third kappa shape index (κ3) is 3.51. The zero-order valence-electron chi connectivity index (χ0n) is 19.4. The van der Waals surface area contributed by atoms with Crippen LogP contribution in [0.2, 0.25) is 0 Å². The Kier molecular flexibility index (Phi) is 5.59. The molecular formula is C29H44. The van der Waals surface area contributed by atoms with Gasteiger partial charge in [0.2, 0.25) is 0 Å². The Bertz CT molecular complexity index is 704. The molecule has 0 aliphatic heterocycles. The molecule has 10 atom stereocenters. The van der Waals surface area contributed by atoms with Crippen molar-refractivity contribution in [2.75, 3.05) is 0 Å². The fraction of sp³-hybridized carbons (Fsp3) is 0.793. The maximum atomic E-state index is 2.57. The van der Waals surface area contributed by atoms with Gasteiger partial charge in [-0.25, -0.2) is 0 Å². The molecule has 0 radical (unpaired) electrons. The van der Waals surface area contributed by atoms with Gasteiger partial charge in [-0.1, -0.05) is 77.6 Å². The van der Waals surface area contributed by atoms with E-state index in [9.17, 15) is 0 Å². The van der Waals surface area contributed by atoms with Crippen LogP contribution in [0.25, 0.3) is 0 Å². The second-order valence-corrected chi connectivity index (χ2v) is 12.0. The summed E-state index contributed by atoms with van der Waals surface area (Å²) < 4.78 is 0. The maximum Gasteiger partial charge on any atom is -0.0125 e. The molecule has 0 nitrogen and oxygen atoms in total. The van der Waals surface area contributed by atoms with Crippen molar-refractivity contribution >= 4 is 0 Å². The lowest BCUT2D eigenvalue weighted by Crippen LogP contribution is -2.33. The highest BCUT2D eigenvalue weighted by Crippen LogP contribution is 2.56. The molecule has 4 fully saturated rings. The Balaban J connectivity index is 1.39. The van der Waals surface area contributed by atoms with Gasteiger partial charge in [-0.3, -0.25) is 0 Å². The molecule has 4 aliphatic rings. The Hall–Kier alpha value is -0.780. The van der Waals surface area contributed by atoms with Gasteiger partial charge in [-0.05, 0) is 102 Å². The van der Waals surface area contributed by atoms with Crippen molar-refractivity contribution in [1.82, 2.24) is 0 Å². The molecule has 4 aliphatic carbocycles. The van der Waals surface area contributed by atoms with Crippen molar-refractivity contribution in [3.63, 3.8) is 0 Å². The smallest absolute Gasteiger partial charge is 0.0125 e. The molecule has 0 N–H and O–H groups in total. The van der Waals surface area contributed by atoms with Gasteiger partial charge in [0.25, 0.3) is 0 Å². The van der Waals surface area contributed by atoms with Gasteiger partial charge >= 0.3 is 0 Å². The van der Waals surface area contributed by atoms with Gasteiger partial charge in [0.15, 0.2) is 0 Å². The molecule has 0 bridgehead atoms. The molecule has 160 valence electrons. The van der Waals surface area contributed by atoms with Crippen LogP contribution < -0.4 is 0 Å². The van der Waals surface area contributed by atoms with Crippen molar-refractivity contribution in [3.8, 4) is 0 Å². The van der Waals surface area contributed by atoms with Crippen LogP contribution in [0.1, 0.15) is 96.1 Å². The Morgan fingerprint density at radius 2 is 1.21 bits per heavy atom. The molecule has 5 rings (SSSR count). The van der Waals surface area contributed by atoms with Crippen LogP contribution in [0.5, 0.6) is 0 Å². The SMILES string of the molecule is CC1CCC(C)C2C(Cc3ccccc3C3CCC4C(C)CCC(C)C34)CCC12. The first-order valence-corrected chi connectivity index (χ1v) is 13.1. The van der Waals surface area contributed by atoms with Crippen molar-refractivity contribution in [2.45, 2.75) is 91.4 Å². The second kappa shape index (κ2) is 8.05. The third-order valence-corrected chi connectivity index (χ3v) is 10.5. The molecule has 0 amide bonds. The number of benzene rings is 1. The molecule has 0 heteroatoms. The largest absolute Gasteiger partial charge is 0.0622 e. The van der Waals surface area contributed by atoms with Gasteiger partial charge in [-0.2, -0.15) is 0 Å². The lowest BCUT2D eigenvalue weighted by atomic mass is 9.64. The molecule has 0 aromatic heterocycles. The van der Waals surface area contributed by atoms with Gasteiger partial charge in [-0.15, -0.1) is 0 Å². The summed E-state index contributed by atoms with van der Waals surface area (Å²) in [6.45, 7) is 10.2. The third-order valence-electron chi connectivity index (χ3n) is 10.5. The van der Waals surface area contributed by atoms with E-state index in [0.717, 1.165) is 59.2 Å². The van der Waals surface area contributed by atoms with E-state index in [1.54, 1.807) is 11.1 Å². The summed E-state index contributed by atoms with van der Waals surface area (Å²) in [6.07, 6.45) is 13.2. The number of hydrogen-bond acceptors (Lipinski definition) is 0. The molecule has 4 saturated carbocycles.